The SMILES string of the molecule is Cc1cc(C)cc(C2NCCc3ccccc32)c1. The average Bonchev–Trinajstić information content (AvgIpc) is 2.37. The van der Waals surface area contributed by atoms with E-state index in [0.717, 1.165) is 13.0 Å². The molecule has 0 aliphatic carbocycles. The highest BCUT2D eigenvalue weighted by molar-refractivity contribution is 5.41. The largest absolute Gasteiger partial charge is 0.306 e. The standard InChI is InChI=1S/C17H19N/c1-12-9-13(2)11-15(10-12)17-16-6-4-3-5-14(16)7-8-18-17/h3-6,9-11,17-18H,7-8H2,1-2H3. The van der Waals surface area contributed by atoms with Gasteiger partial charge in [0.15, 0.2) is 0 Å². The van der Waals surface area contributed by atoms with E-state index in [-0.39, 0.29) is 0 Å². The van der Waals surface area contributed by atoms with E-state index in [2.05, 4.69) is 61.6 Å². The fourth-order valence-electron chi connectivity index (χ4n) is 2.98. The zero-order valence-electron chi connectivity index (χ0n) is 11.0. The fourth-order valence-corrected chi connectivity index (χ4v) is 2.98. The molecule has 1 heteroatoms. The van der Waals surface area contributed by atoms with Gasteiger partial charge in [0, 0.05) is 6.54 Å². The molecule has 0 saturated heterocycles. The van der Waals surface area contributed by atoms with Crippen LogP contribution in [0, 0.1) is 13.8 Å². The van der Waals surface area contributed by atoms with Crippen LogP contribution in [0.1, 0.15) is 33.9 Å². The molecule has 0 aromatic heterocycles. The van der Waals surface area contributed by atoms with Crippen LogP contribution in [0.4, 0.5) is 0 Å². The van der Waals surface area contributed by atoms with Gasteiger partial charge in [0.1, 0.15) is 0 Å². The van der Waals surface area contributed by atoms with Crippen LogP contribution in [0.15, 0.2) is 42.5 Å². The Labute approximate surface area is 109 Å². The molecule has 1 atom stereocenters. The van der Waals surface area contributed by atoms with Crippen molar-refractivity contribution in [3.05, 3.63) is 70.3 Å². The van der Waals surface area contributed by atoms with Crippen molar-refractivity contribution in [3.63, 3.8) is 0 Å². The van der Waals surface area contributed by atoms with Gasteiger partial charge in [0.2, 0.25) is 0 Å². The average molecular weight is 237 g/mol. The molecule has 0 amide bonds. The number of fused-ring (bicyclic) bond motifs is 1. The Kier molecular flexibility index (Phi) is 2.92. The minimum absolute atomic E-state index is 0.355. The molecule has 1 nitrogen and oxygen atoms in total. The lowest BCUT2D eigenvalue weighted by Gasteiger charge is -2.27. The second-order valence-electron chi connectivity index (χ2n) is 5.26. The van der Waals surface area contributed by atoms with Crippen molar-refractivity contribution in [2.45, 2.75) is 26.3 Å². The molecule has 2 aromatic rings. The van der Waals surface area contributed by atoms with Crippen molar-refractivity contribution >= 4 is 0 Å². The predicted octanol–water partition coefficient (Wildman–Crippen LogP) is 3.54. The molecule has 1 aliphatic rings. The maximum atomic E-state index is 3.65. The lowest BCUT2D eigenvalue weighted by molar-refractivity contribution is 0.567. The first kappa shape index (κ1) is 11.5. The van der Waals surface area contributed by atoms with Crippen molar-refractivity contribution in [1.82, 2.24) is 5.32 Å². The van der Waals surface area contributed by atoms with Crippen molar-refractivity contribution in [2.75, 3.05) is 6.54 Å². The van der Waals surface area contributed by atoms with E-state index in [1.54, 1.807) is 0 Å². The minimum Gasteiger partial charge on any atom is -0.306 e. The Bertz CT molecular complexity index is 551. The van der Waals surface area contributed by atoms with Crippen LogP contribution in [-0.2, 0) is 6.42 Å². The maximum absolute atomic E-state index is 3.65. The van der Waals surface area contributed by atoms with Crippen LogP contribution in [0.3, 0.4) is 0 Å². The minimum atomic E-state index is 0.355. The summed E-state index contributed by atoms with van der Waals surface area (Å²) in [4.78, 5) is 0. The summed E-state index contributed by atoms with van der Waals surface area (Å²) in [6, 6.07) is 16.0. The summed E-state index contributed by atoms with van der Waals surface area (Å²) >= 11 is 0. The second-order valence-corrected chi connectivity index (χ2v) is 5.26. The molecule has 0 saturated carbocycles. The number of aryl methyl sites for hydroxylation is 2. The van der Waals surface area contributed by atoms with E-state index in [1.165, 1.54) is 27.8 Å². The molecule has 0 radical (unpaired) electrons. The van der Waals surface area contributed by atoms with E-state index >= 15 is 0 Å². The highest BCUT2D eigenvalue weighted by Gasteiger charge is 2.20. The first-order valence-electron chi connectivity index (χ1n) is 6.63. The van der Waals surface area contributed by atoms with Crippen molar-refractivity contribution in [2.24, 2.45) is 0 Å². The summed E-state index contributed by atoms with van der Waals surface area (Å²) in [7, 11) is 0. The third-order valence-electron chi connectivity index (χ3n) is 3.69. The van der Waals surface area contributed by atoms with Gasteiger partial charge in [-0.1, -0.05) is 53.6 Å². The predicted molar refractivity (Wildman–Crippen MR) is 75.9 cm³/mol. The highest BCUT2D eigenvalue weighted by Crippen LogP contribution is 2.29. The third-order valence-corrected chi connectivity index (χ3v) is 3.69. The molecule has 1 N–H and O–H groups in total. The zero-order chi connectivity index (χ0) is 12.5. The fraction of sp³-hybridized carbons (Fsp3) is 0.294. The Morgan fingerprint density at radius 1 is 1.00 bits per heavy atom. The Morgan fingerprint density at radius 3 is 2.50 bits per heavy atom. The van der Waals surface area contributed by atoms with E-state index in [4.69, 9.17) is 0 Å². The Morgan fingerprint density at radius 2 is 1.72 bits per heavy atom. The van der Waals surface area contributed by atoms with Crippen LogP contribution >= 0.6 is 0 Å². The number of hydrogen-bond acceptors (Lipinski definition) is 1. The zero-order valence-corrected chi connectivity index (χ0v) is 11.0. The molecule has 2 aromatic carbocycles. The lowest BCUT2D eigenvalue weighted by atomic mass is 9.89. The summed E-state index contributed by atoms with van der Waals surface area (Å²) in [5.41, 5.74) is 7.00. The molecule has 0 spiro atoms. The van der Waals surface area contributed by atoms with Gasteiger partial charge in [-0.15, -0.1) is 0 Å². The summed E-state index contributed by atoms with van der Waals surface area (Å²) in [5, 5.41) is 3.65. The molecule has 92 valence electrons. The normalized spacial score (nSPS) is 18.4. The van der Waals surface area contributed by atoms with Gasteiger partial charge in [-0.3, -0.25) is 0 Å². The molecular formula is C17H19N. The highest BCUT2D eigenvalue weighted by atomic mass is 14.9. The maximum Gasteiger partial charge on any atom is 0.0579 e. The van der Waals surface area contributed by atoms with Crippen LogP contribution in [0.25, 0.3) is 0 Å². The summed E-state index contributed by atoms with van der Waals surface area (Å²) in [6.45, 7) is 5.41. The Balaban J connectivity index is 2.08. The van der Waals surface area contributed by atoms with Crippen LogP contribution in [0.2, 0.25) is 0 Å². The third kappa shape index (κ3) is 2.06. The molecule has 1 unspecified atom stereocenters. The van der Waals surface area contributed by atoms with Crippen molar-refractivity contribution in [3.8, 4) is 0 Å². The van der Waals surface area contributed by atoms with Crippen LogP contribution in [0.5, 0.6) is 0 Å². The second kappa shape index (κ2) is 4.58. The summed E-state index contributed by atoms with van der Waals surface area (Å²) in [5.74, 6) is 0. The molecule has 3 rings (SSSR count). The van der Waals surface area contributed by atoms with E-state index in [0.29, 0.717) is 6.04 Å². The number of benzene rings is 2. The van der Waals surface area contributed by atoms with E-state index in [1.807, 2.05) is 0 Å². The Hall–Kier alpha value is -1.60. The number of hydrogen-bond donors (Lipinski definition) is 1. The molecule has 18 heavy (non-hydrogen) atoms. The van der Waals surface area contributed by atoms with E-state index in [9.17, 15) is 0 Å². The van der Waals surface area contributed by atoms with Crippen LogP contribution in [-0.4, -0.2) is 6.54 Å². The summed E-state index contributed by atoms with van der Waals surface area (Å²) in [6.07, 6.45) is 1.14. The van der Waals surface area contributed by atoms with Gasteiger partial charge < -0.3 is 5.32 Å². The van der Waals surface area contributed by atoms with Crippen molar-refractivity contribution in [1.29, 1.82) is 0 Å². The first-order valence-corrected chi connectivity index (χ1v) is 6.63. The molecule has 0 fully saturated rings. The lowest BCUT2D eigenvalue weighted by Crippen LogP contribution is -2.30. The molecule has 1 aliphatic heterocycles. The quantitative estimate of drug-likeness (QED) is 0.800. The summed E-state index contributed by atoms with van der Waals surface area (Å²) < 4.78 is 0. The van der Waals surface area contributed by atoms with Gasteiger partial charge in [-0.25, -0.2) is 0 Å². The van der Waals surface area contributed by atoms with Gasteiger partial charge in [-0.05, 0) is 37.0 Å². The van der Waals surface area contributed by atoms with E-state index < -0.39 is 0 Å². The van der Waals surface area contributed by atoms with Gasteiger partial charge in [-0.2, -0.15) is 0 Å². The number of nitrogens with one attached hydrogen (secondary N) is 1. The van der Waals surface area contributed by atoms with Gasteiger partial charge >= 0.3 is 0 Å². The smallest absolute Gasteiger partial charge is 0.0579 e. The monoisotopic (exact) mass is 237 g/mol. The first-order chi connectivity index (χ1) is 8.74. The number of rotatable bonds is 1. The van der Waals surface area contributed by atoms with Crippen LogP contribution < -0.4 is 5.32 Å². The van der Waals surface area contributed by atoms with Gasteiger partial charge in [0.25, 0.3) is 0 Å². The van der Waals surface area contributed by atoms with Gasteiger partial charge in [0.05, 0.1) is 6.04 Å². The van der Waals surface area contributed by atoms with Crippen molar-refractivity contribution < 1.29 is 0 Å². The molecular weight excluding hydrogens is 218 g/mol. The molecule has 0 bridgehead atoms. The molecule has 1 heterocycles. The topological polar surface area (TPSA) is 12.0 Å².